The van der Waals surface area contributed by atoms with Crippen LogP contribution in [0.3, 0.4) is 0 Å². The average Bonchev–Trinajstić information content (AvgIpc) is 3.95. The molecule has 2 heterocycles. The maximum absolute atomic E-state index is 3.19. The van der Waals surface area contributed by atoms with Gasteiger partial charge >= 0.3 is 0 Å². The Labute approximate surface area is 403 Å². The number of hydrogen-bond donors (Lipinski definition) is 0. The van der Waals surface area contributed by atoms with E-state index in [0.29, 0.717) is 0 Å². The molecule has 0 spiro atoms. The highest BCUT2D eigenvalue weighted by Gasteiger charge is 2.45. The van der Waals surface area contributed by atoms with Gasteiger partial charge in [-0.3, -0.25) is 0 Å². The largest absolute Gasteiger partial charge is 0.309 e. The van der Waals surface area contributed by atoms with Crippen LogP contribution >= 0.6 is 0 Å². The number of benzene rings is 11. The van der Waals surface area contributed by atoms with E-state index in [1.54, 1.807) is 0 Å². The molecule has 0 aliphatic heterocycles. The van der Waals surface area contributed by atoms with Gasteiger partial charge in [-0.15, -0.1) is 0 Å². The van der Waals surface area contributed by atoms with Crippen LogP contribution in [-0.4, -0.2) is 17.2 Å². The van der Waals surface area contributed by atoms with Crippen molar-refractivity contribution in [2.45, 2.75) is 0 Å². The molecule has 0 bridgehead atoms. The molecule has 2 aromatic heterocycles. The van der Waals surface area contributed by atoms with Crippen LogP contribution in [0, 0.1) is 0 Å². The lowest BCUT2D eigenvalue weighted by Crippen LogP contribution is -2.75. The van der Waals surface area contributed by atoms with Crippen molar-refractivity contribution in [2.75, 3.05) is 0 Å². The van der Waals surface area contributed by atoms with E-state index in [4.69, 9.17) is 0 Å². The lowest BCUT2D eigenvalue weighted by Gasteiger charge is -2.37. The van der Waals surface area contributed by atoms with Crippen molar-refractivity contribution in [1.29, 1.82) is 0 Å². The predicted octanol–water partition coefficient (Wildman–Crippen LogP) is 14.3. The molecule has 0 atom stereocenters. The molecular weight excluding hydrogens is 849 g/mol. The van der Waals surface area contributed by atoms with Crippen LogP contribution in [0.4, 0.5) is 0 Å². The average molecular weight is 895 g/mol. The van der Waals surface area contributed by atoms with Crippen molar-refractivity contribution < 1.29 is 0 Å². The van der Waals surface area contributed by atoms with Crippen LogP contribution in [0.5, 0.6) is 0 Å². The molecule has 2 nitrogen and oxygen atoms in total. The molecule has 0 N–H and O–H groups in total. The second-order valence-corrected chi connectivity index (χ2v) is 21.7. The van der Waals surface area contributed by atoms with Gasteiger partial charge < -0.3 is 9.13 Å². The third-order valence-electron chi connectivity index (χ3n) is 14.2. The van der Waals surface area contributed by atoms with E-state index >= 15 is 0 Å². The van der Waals surface area contributed by atoms with E-state index in [1.165, 1.54) is 92.2 Å². The van der Waals surface area contributed by atoms with Crippen molar-refractivity contribution in [2.24, 2.45) is 0 Å². The zero-order chi connectivity index (χ0) is 45.7. The van der Waals surface area contributed by atoms with Gasteiger partial charge in [0.2, 0.25) is 0 Å². The number of aromatic nitrogens is 2. The third kappa shape index (κ3) is 6.54. The highest BCUT2D eigenvalue weighted by molar-refractivity contribution is 7.21. The van der Waals surface area contributed by atoms with E-state index in [0.717, 1.165) is 16.9 Å². The van der Waals surface area contributed by atoms with Gasteiger partial charge in [-0.2, -0.15) is 0 Å². The minimum Gasteiger partial charge on any atom is -0.309 e. The lowest BCUT2D eigenvalue weighted by molar-refractivity contribution is 1.15. The first kappa shape index (κ1) is 40.5. The van der Waals surface area contributed by atoms with Gasteiger partial charge in [0.15, 0.2) is 8.07 Å². The van der Waals surface area contributed by atoms with Gasteiger partial charge in [-0.25, -0.2) is 0 Å². The molecule has 3 heteroatoms. The van der Waals surface area contributed by atoms with Gasteiger partial charge in [-0.05, 0) is 96.6 Å². The van der Waals surface area contributed by atoms with Gasteiger partial charge in [0.25, 0.3) is 0 Å². The molecule has 324 valence electrons. The third-order valence-corrected chi connectivity index (χ3v) is 19.1. The zero-order valence-corrected chi connectivity index (χ0v) is 39.0. The van der Waals surface area contributed by atoms with Gasteiger partial charge in [-0.1, -0.05) is 237 Å². The maximum atomic E-state index is 2.55. The van der Waals surface area contributed by atoms with Crippen LogP contribution in [0.25, 0.3) is 88.4 Å². The lowest BCUT2D eigenvalue weighted by atomic mass is 9.97. The molecule has 0 unspecified atom stereocenters. The summed E-state index contributed by atoms with van der Waals surface area (Å²) in [5, 5.41) is 10.4. The first-order chi connectivity index (χ1) is 34.3. The Morgan fingerprint density at radius 1 is 0.246 bits per heavy atom. The molecule has 0 saturated heterocycles. The van der Waals surface area contributed by atoms with E-state index in [1.807, 2.05) is 0 Å². The second-order valence-electron chi connectivity index (χ2n) is 18.0. The summed E-state index contributed by atoms with van der Waals surface area (Å²) in [7, 11) is -3.19. The van der Waals surface area contributed by atoms with Crippen LogP contribution in [0.2, 0.25) is 0 Å². The summed E-state index contributed by atoms with van der Waals surface area (Å²) < 4.78 is 5.01. The summed E-state index contributed by atoms with van der Waals surface area (Å²) in [6.07, 6.45) is 0. The maximum Gasteiger partial charge on any atom is 0.180 e. The normalized spacial score (nSPS) is 11.8. The topological polar surface area (TPSA) is 9.86 Å². The fourth-order valence-corrected chi connectivity index (χ4v) is 16.6. The molecule has 0 aliphatic carbocycles. The Morgan fingerprint density at radius 2 is 0.696 bits per heavy atom. The summed E-state index contributed by atoms with van der Waals surface area (Å²) in [6.45, 7) is 0. The van der Waals surface area contributed by atoms with Crippen molar-refractivity contribution >= 4 is 72.4 Å². The Bertz CT molecular complexity index is 3880. The second kappa shape index (κ2) is 16.8. The van der Waals surface area contributed by atoms with Gasteiger partial charge in [0.05, 0.1) is 22.1 Å². The first-order valence-corrected chi connectivity index (χ1v) is 25.8. The molecule has 13 aromatic rings. The quantitative estimate of drug-likeness (QED) is 0.101. The Morgan fingerprint density at radius 3 is 1.32 bits per heavy atom. The van der Waals surface area contributed by atoms with Crippen LogP contribution in [0.1, 0.15) is 0 Å². The number of rotatable bonds is 9. The highest BCUT2D eigenvalue weighted by Crippen LogP contribution is 2.42. The zero-order valence-electron chi connectivity index (χ0n) is 38.0. The van der Waals surface area contributed by atoms with E-state index < -0.39 is 8.07 Å². The minimum atomic E-state index is -3.19. The number of fused-ring (bicyclic) bond motifs is 6. The van der Waals surface area contributed by atoms with Crippen LogP contribution < -0.4 is 20.7 Å². The van der Waals surface area contributed by atoms with Gasteiger partial charge in [0, 0.05) is 32.9 Å². The van der Waals surface area contributed by atoms with Crippen molar-refractivity contribution in [1.82, 2.24) is 9.13 Å². The molecule has 0 aliphatic rings. The molecule has 0 amide bonds. The minimum absolute atomic E-state index is 1.11. The molecule has 69 heavy (non-hydrogen) atoms. The summed E-state index contributed by atoms with van der Waals surface area (Å²) in [4.78, 5) is 0. The van der Waals surface area contributed by atoms with Crippen LogP contribution in [-0.2, 0) is 0 Å². The Hall–Kier alpha value is -8.76. The van der Waals surface area contributed by atoms with Crippen LogP contribution in [0.15, 0.2) is 279 Å². The van der Waals surface area contributed by atoms with E-state index in [-0.39, 0.29) is 0 Å². The molecule has 13 rings (SSSR count). The molecule has 0 radical (unpaired) electrons. The molecule has 0 saturated carbocycles. The fourth-order valence-electron chi connectivity index (χ4n) is 11.4. The van der Waals surface area contributed by atoms with Crippen molar-refractivity contribution in [3.8, 4) is 44.8 Å². The Kier molecular flexibility index (Phi) is 9.88. The molecule has 0 fully saturated rings. The monoisotopic (exact) mass is 894 g/mol. The summed E-state index contributed by atoms with van der Waals surface area (Å²) in [5.41, 5.74) is 14.2. The van der Waals surface area contributed by atoms with Crippen molar-refractivity contribution in [3.63, 3.8) is 0 Å². The number of para-hydroxylation sites is 1. The van der Waals surface area contributed by atoms with Crippen molar-refractivity contribution in [3.05, 3.63) is 279 Å². The summed E-state index contributed by atoms with van der Waals surface area (Å²) in [6, 6.07) is 104. The summed E-state index contributed by atoms with van der Waals surface area (Å²) in [5.74, 6) is 0. The number of hydrogen-bond acceptors (Lipinski definition) is 0. The SMILES string of the molecule is c1ccc(-c2cccc(-n3c4ccccc4c4ccc(-n5c6cccc(-c7ccccc7)c6c6c([Si](c7ccccc7)(c7ccccc7)c7ccccc7)c(-c7ccccc7)ccc65)cc43)c2)cc1. The molecular formula is C66H46N2Si. The summed E-state index contributed by atoms with van der Waals surface area (Å²) >= 11 is 0. The molecule has 11 aromatic carbocycles. The predicted molar refractivity (Wildman–Crippen MR) is 295 cm³/mol. The Balaban J connectivity index is 1.21. The first-order valence-electron chi connectivity index (χ1n) is 23.8. The number of nitrogens with zero attached hydrogens (tertiary/aromatic N) is 2. The van der Waals surface area contributed by atoms with E-state index in [2.05, 4.69) is 288 Å². The smallest absolute Gasteiger partial charge is 0.180 e. The fraction of sp³-hybridized carbons (Fsp3) is 0. The van der Waals surface area contributed by atoms with Gasteiger partial charge in [0.1, 0.15) is 0 Å². The highest BCUT2D eigenvalue weighted by atomic mass is 28.3. The van der Waals surface area contributed by atoms with E-state index in [9.17, 15) is 0 Å². The standard InChI is InChI=1S/C66H46N2Si/c1-7-23-47(24-8-1)50-29-21-30-51(45-50)67-60-39-20-19-37-58(60)59-42-41-52(46-63(59)67)68-61-40-22-38-56(48-25-9-2-10-26-48)64(61)65-62(68)44-43-57(49-27-11-3-12-28-49)66(65)69(53-31-13-4-14-32-53,54-33-15-5-16-34-54)55-35-17-6-18-36-55/h1-46H.